The van der Waals surface area contributed by atoms with Crippen molar-refractivity contribution in [3.8, 4) is 22.5 Å². The van der Waals surface area contributed by atoms with Gasteiger partial charge in [0.1, 0.15) is 23.1 Å². The smallest absolute Gasteiger partial charge is 0.251 e. The van der Waals surface area contributed by atoms with E-state index in [0.29, 0.717) is 47.4 Å². The Morgan fingerprint density at radius 3 is 1.45 bits per heavy atom. The van der Waals surface area contributed by atoms with E-state index < -0.39 is 53.0 Å². The molecule has 16 nitrogen and oxygen atoms in total. The molecule has 2 saturated heterocycles. The van der Waals surface area contributed by atoms with Crippen LogP contribution >= 0.6 is 0 Å². The Kier molecular flexibility index (Phi) is 16.6. The molecule has 0 unspecified atom stereocenters. The number of pyridine rings is 2. The van der Waals surface area contributed by atoms with Gasteiger partial charge in [-0.05, 0) is 104 Å². The number of likely N-dealkylation sites (tertiary alicyclic amines) is 2. The molecule has 9 rings (SSSR count). The van der Waals surface area contributed by atoms with Crippen LogP contribution in [0, 0.1) is 22.7 Å². The fourth-order valence-electron chi connectivity index (χ4n) is 11.1. The standard InChI is InChI=1S/C64H76N10O6/c1-11-39(2)58(76)70-57(64(7,8)9)62(80)74-36-46(33-53(74)49-38-72-51(25-19-27-56(72)69-49)42-22-16-13-17-23-42)67-60(78)44-30-28-43(29-31-44)59(77)66-45-32-52(73(35-45)61(79)47(63(4,5)6)34-54(75)40(3)65-10)48-37-71-50(24-18-26-55(71)68-48)41-20-14-12-15-21-41/h12-31,37-40,45-47,52-53,57,65H,11,32-36H2,1-10H3,(H,66,77)(H,67,78)(H,70,76)/t39-,40+,45+,46+,47-,52+,53+,57-/m1/s1. The highest BCUT2D eigenvalue weighted by atomic mass is 16.2. The van der Waals surface area contributed by atoms with Gasteiger partial charge >= 0.3 is 0 Å². The Hall–Kier alpha value is -7.98. The summed E-state index contributed by atoms with van der Waals surface area (Å²) in [5, 5.41) is 12.5. The molecule has 5 amide bonds. The lowest BCUT2D eigenvalue weighted by Gasteiger charge is -2.36. The molecule has 3 aromatic carbocycles. The molecule has 2 aliphatic rings. The first kappa shape index (κ1) is 56.7. The van der Waals surface area contributed by atoms with Gasteiger partial charge < -0.3 is 31.1 Å². The number of fused-ring (bicyclic) bond motifs is 2. The van der Waals surface area contributed by atoms with Gasteiger partial charge in [-0.2, -0.15) is 0 Å². The number of nitrogens with zero attached hydrogens (tertiary/aromatic N) is 6. The van der Waals surface area contributed by atoms with Crippen molar-refractivity contribution in [1.29, 1.82) is 0 Å². The Morgan fingerprint density at radius 1 is 0.588 bits per heavy atom. The molecule has 0 radical (unpaired) electrons. The van der Waals surface area contributed by atoms with Crippen LogP contribution in [0.3, 0.4) is 0 Å². The van der Waals surface area contributed by atoms with Crippen LogP contribution in [0.25, 0.3) is 33.8 Å². The van der Waals surface area contributed by atoms with E-state index in [9.17, 15) is 28.8 Å². The lowest BCUT2D eigenvalue weighted by atomic mass is 9.76. The molecule has 7 aromatic rings. The molecule has 2 aliphatic heterocycles. The first-order chi connectivity index (χ1) is 38.1. The van der Waals surface area contributed by atoms with Gasteiger partial charge in [-0.15, -0.1) is 0 Å². The number of ketones is 1. The minimum absolute atomic E-state index is 0.0547. The van der Waals surface area contributed by atoms with E-state index in [0.717, 1.165) is 28.2 Å². The van der Waals surface area contributed by atoms with Crippen LogP contribution in [0.2, 0.25) is 0 Å². The quantitative estimate of drug-likeness (QED) is 0.0689. The number of hydrogen-bond acceptors (Lipinski definition) is 9. The van der Waals surface area contributed by atoms with Crippen LogP contribution in [0.5, 0.6) is 0 Å². The molecule has 0 bridgehead atoms. The van der Waals surface area contributed by atoms with Gasteiger partial charge in [-0.3, -0.25) is 37.6 Å². The highest BCUT2D eigenvalue weighted by Gasteiger charge is 2.46. The Morgan fingerprint density at radius 2 is 1.04 bits per heavy atom. The summed E-state index contributed by atoms with van der Waals surface area (Å²) in [6, 6.07) is 35.0. The van der Waals surface area contributed by atoms with Gasteiger partial charge in [0, 0.05) is 67.0 Å². The summed E-state index contributed by atoms with van der Waals surface area (Å²) < 4.78 is 4.05. The van der Waals surface area contributed by atoms with Crippen LogP contribution in [-0.4, -0.2) is 108 Å². The number of nitrogens with one attached hydrogen (secondary N) is 4. The number of Topliss-reactive ketones (excluding diaryl/α,β-unsaturated/α-hetero) is 1. The van der Waals surface area contributed by atoms with E-state index in [1.165, 1.54) is 0 Å². The van der Waals surface area contributed by atoms with Gasteiger partial charge in [0.05, 0.1) is 40.9 Å². The number of amides is 5. The second-order valence-electron chi connectivity index (χ2n) is 24.0. The van der Waals surface area contributed by atoms with Crippen molar-refractivity contribution in [2.24, 2.45) is 22.7 Å². The highest BCUT2D eigenvalue weighted by Crippen LogP contribution is 2.40. The fraction of sp³-hybridized carbons (Fsp3) is 0.406. The zero-order valence-corrected chi connectivity index (χ0v) is 47.7. The van der Waals surface area contributed by atoms with E-state index in [4.69, 9.17) is 9.97 Å². The normalized spacial score (nSPS) is 19.1. The molecular weight excluding hydrogens is 1000 g/mol. The zero-order chi connectivity index (χ0) is 57.2. The average molecular weight is 1080 g/mol. The summed E-state index contributed by atoms with van der Waals surface area (Å²) in [6.45, 7) is 17.7. The summed E-state index contributed by atoms with van der Waals surface area (Å²) in [6.07, 6.45) is 5.35. The Bertz CT molecular complexity index is 3170. The maximum absolute atomic E-state index is 15.0. The predicted octanol–water partition coefficient (Wildman–Crippen LogP) is 9.27. The molecule has 4 N–H and O–H groups in total. The van der Waals surface area contributed by atoms with Crippen LogP contribution in [-0.2, 0) is 19.2 Å². The maximum atomic E-state index is 15.0. The number of imidazole rings is 2. The summed E-state index contributed by atoms with van der Waals surface area (Å²) in [5.41, 5.74) is 6.13. The number of carbonyl (C=O) groups excluding carboxylic acids is 6. The van der Waals surface area contributed by atoms with Gasteiger partial charge in [0.2, 0.25) is 17.7 Å². The third kappa shape index (κ3) is 12.1. The minimum atomic E-state index is -0.849. The van der Waals surface area contributed by atoms with E-state index in [2.05, 4.69) is 21.3 Å². The maximum Gasteiger partial charge on any atom is 0.251 e. The summed E-state index contributed by atoms with van der Waals surface area (Å²) in [5.74, 6) is -2.36. The number of carbonyl (C=O) groups is 6. The molecule has 418 valence electrons. The van der Waals surface area contributed by atoms with E-state index in [1.54, 1.807) is 48.0 Å². The largest absolute Gasteiger partial charge is 0.347 e. The van der Waals surface area contributed by atoms with Crippen molar-refractivity contribution in [3.05, 3.63) is 156 Å². The van der Waals surface area contributed by atoms with Crippen molar-refractivity contribution in [3.63, 3.8) is 0 Å². The minimum Gasteiger partial charge on any atom is -0.347 e. The molecule has 4 aromatic heterocycles. The predicted molar refractivity (Wildman–Crippen MR) is 310 cm³/mol. The van der Waals surface area contributed by atoms with Gasteiger partial charge in [-0.25, -0.2) is 9.97 Å². The molecule has 0 aliphatic carbocycles. The first-order valence-corrected chi connectivity index (χ1v) is 28.0. The number of hydrogen-bond donors (Lipinski definition) is 4. The van der Waals surface area contributed by atoms with Gasteiger partial charge in [0.25, 0.3) is 11.8 Å². The topological polar surface area (TPSA) is 192 Å². The highest BCUT2D eigenvalue weighted by molar-refractivity contribution is 5.98. The molecular formula is C64H76N10O6. The molecule has 16 heteroatoms. The monoisotopic (exact) mass is 1080 g/mol. The number of aromatic nitrogens is 4. The second-order valence-corrected chi connectivity index (χ2v) is 24.0. The summed E-state index contributed by atoms with van der Waals surface area (Å²) in [7, 11) is 1.73. The molecule has 8 atom stereocenters. The SMILES string of the molecule is CC[C@@H](C)C(=O)N[C@H](C(=O)N1C[C@@H](NC(=O)c2ccc(C(=O)N[C@H]3C[C@@H](c4cn5c(-c6ccccc6)cccc5n4)N(C(=O)[C@@H](CC(=O)[C@H](C)NC)C(C)(C)C)C3)cc2)C[C@H]1c1cn2c(-c3ccccc3)cccc2n1)C(C)(C)C. The molecule has 0 saturated carbocycles. The number of benzene rings is 3. The Labute approximate surface area is 469 Å². The second kappa shape index (κ2) is 23.4. The Balaban J connectivity index is 0.942. The third-order valence-electron chi connectivity index (χ3n) is 16.2. The number of rotatable bonds is 17. The third-order valence-corrected chi connectivity index (χ3v) is 16.2. The number of likely N-dealkylation sites (N-methyl/N-ethyl adjacent to an activating group) is 1. The van der Waals surface area contributed by atoms with E-state index >= 15 is 0 Å². The van der Waals surface area contributed by atoms with Crippen molar-refractivity contribution in [2.75, 3.05) is 20.1 Å². The van der Waals surface area contributed by atoms with Gasteiger partial charge in [0.15, 0.2) is 0 Å². The average Bonchev–Trinajstić information content (AvgIpc) is 4.32. The van der Waals surface area contributed by atoms with Crippen molar-refractivity contribution < 1.29 is 28.8 Å². The van der Waals surface area contributed by atoms with Crippen LogP contribution in [0.1, 0.15) is 132 Å². The van der Waals surface area contributed by atoms with Crippen LogP contribution in [0.15, 0.2) is 134 Å². The lowest BCUT2D eigenvalue weighted by molar-refractivity contribution is -0.143. The van der Waals surface area contributed by atoms with Crippen LogP contribution in [0.4, 0.5) is 0 Å². The van der Waals surface area contributed by atoms with E-state index in [-0.39, 0.29) is 60.7 Å². The van der Waals surface area contributed by atoms with Crippen molar-refractivity contribution in [1.82, 2.24) is 49.8 Å². The van der Waals surface area contributed by atoms with Crippen molar-refractivity contribution in [2.45, 2.75) is 124 Å². The summed E-state index contributed by atoms with van der Waals surface area (Å²) in [4.78, 5) is 98.8. The fourth-order valence-corrected chi connectivity index (χ4v) is 11.1. The summed E-state index contributed by atoms with van der Waals surface area (Å²) >= 11 is 0. The van der Waals surface area contributed by atoms with Crippen LogP contribution < -0.4 is 21.3 Å². The molecule has 80 heavy (non-hydrogen) atoms. The lowest BCUT2D eigenvalue weighted by Crippen LogP contribution is -2.56. The van der Waals surface area contributed by atoms with E-state index in [1.807, 2.05) is 174 Å². The molecule has 0 spiro atoms. The molecule has 2 fully saturated rings. The zero-order valence-electron chi connectivity index (χ0n) is 47.7. The van der Waals surface area contributed by atoms with Gasteiger partial charge in [-0.1, -0.05) is 128 Å². The molecule has 6 heterocycles. The van der Waals surface area contributed by atoms with Crippen molar-refractivity contribution >= 4 is 46.6 Å². The first-order valence-electron chi connectivity index (χ1n) is 28.0.